The van der Waals surface area contributed by atoms with Gasteiger partial charge in [-0.05, 0) is 13.8 Å². The summed E-state index contributed by atoms with van der Waals surface area (Å²) in [6.07, 6.45) is 0.518. The molecule has 0 fully saturated rings. The van der Waals surface area contributed by atoms with Gasteiger partial charge in [-0.15, -0.1) is 0 Å². The highest BCUT2D eigenvalue weighted by atomic mass is 31.2. The van der Waals surface area contributed by atoms with Crippen LogP contribution in [0.25, 0.3) is 11.2 Å². The molecular formula is C13H23N5O8P2. The number of hydrogen-bond donors (Lipinski definition) is 5. The molecule has 28 heavy (non-hydrogen) atoms. The van der Waals surface area contributed by atoms with Gasteiger partial charge in [-0.1, -0.05) is 0 Å². The third-order valence-corrected chi connectivity index (χ3v) is 4.44. The molecule has 0 amide bonds. The lowest BCUT2D eigenvalue weighted by atomic mass is 10.4. The third kappa shape index (κ3) is 7.53. The van der Waals surface area contributed by atoms with Crippen molar-refractivity contribution in [2.45, 2.75) is 32.6 Å². The van der Waals surface area contributed by atoms with Crippen LogP contribution in [0.2, 0.25) is 0 Å². The topological polar surface area (TPSA) is 189 Å². The number of imidazole rings is 1. The van der Waals surface area contributed by atoms with Crippen LogP contribution in [0.4, 0.5) is 5.82 Å². The summed E-state index contributed by atoms with van der Waals surface area (Å²) in [7, 11) is -8.48. The average Bonchev–Trinajstić information content (AvgIpc) is 2.98. The van der Waals surface area contributed by atoms with Crippen molar-refractivity contribution in [2.24, 2.45) is 0 Å². The minimum absolute atomic E-state index is 0.237. The molecule has 0 aromatic carbocycles. The van der Waals surface area contributed by atoms with Gasteiger partial charge < -0.3 is 38.9 Å². The van der Waals surface area contributed by atoms with Crippen molar-refractivity contribution in [3.05, 3.63) is 12.7 Å². The van der Waals surface area contributed by atoms with E-state index in [9.17, 15) is 9.13 Å². The molecule has 2 rings (SSSR count). The van der Waals surface area contributed by atoms with Crippen LogP contribution in [-0.2, 0) is 25.1 Å². The van der Waals surface area contributed by atoms with Gasteiger partial charge in [0.1, 0.15) is 24.5 Å². The quantitative estimate of drug-likeness (QED) is 0.302. The van der Waals surface area contributed by atoms with Gasteiger partial charge in [-0.2, -0.15) is 0 Å². The second-order valence-electron chi connectivity index (χ2n) is 6.21. The number of nitrogens with one attached hydrogen (secondary N) is 1. The SMILES string of the molecule is CC(CNc1ncnc2c1ncn2CC(C)OCP(=O)(O)O)OCP(=O)(O)O. The van der Waals surface area contributed by atoms with Gasteiger partial charge in [0.15, 0.2) is 11.5 Å². The Morgan fingerprint density at radius 3 is 2.25 bits per heavy atom. The van der Waals surface area contributed by atoms with Gasteiger partial charge >= 0.3 is 15.2 Å². The van der Waals surface area contributed by atoms with E-state index >= 15 is 0 Å². The first-order chi connectivity index (χ1) is 12.9. The van der Waals surface area contributed by atoms with E-state index in [1.54, 1.807) is 18.4 Å². The van der Waals surface area contributed by atoms with Gasteiger partial charge in [-0.25, -0.2) is 15.0 Å². The van der Waals surface area contributed by atoms with Crippen LogP contribution in [0, 0.1) is 0 Å². The lowest BCUT2D eigenvalue weighted by molar-refractivity contribution is 0.0764. The largest absolute Gasteiger partial charge is 0.366 e. The zero-order valence-electron chi connectivity index (χ0n) is 15.2. The number of anilines is 1. The van der Waals surface area contributed by atoms with Gasteiger partial charge in [0.2, 0.25) is 0 Å². The number of aromatic nitrogens is 4. The number of ether oxygens (including phenoxy) is 2. The predicted octanol–water partition coefficient (Wildman–Crippen LogP) is 0.319. The first-order valence-corrected chi connectivity index (χ1v) is 11.8. The Labute approximate surface area is 160 Å². The van der Waals surface area contributed by atoms with Crippen LogP contribution in [0.1, 0.15) is 13.8 Å². The van der Waals surface area contributed by atoms with Crippen LogP contribution >= 0.6 is 15.2 Å². The lowest BCUT2D eigenvalue weighted by Gasteiger charge is -2.15. The summed E-state index contributed by atoms with van der Waals surface area (Å²) in [5, 5.41) is 3.00. The summed E-state index contributed by atoms with van der Waals surface area (Å²) < 4.78 is 33.6. The zero-order valence-corrected chi connectivity index (χ0v) is 17.0. The van der Waals surface area contributed by atoms with Gasteiger partial charge in [0.05, 0.1) is 25.1 Å². The smallest absolute Gasteiger partial charge is 0.350 e. The second-order valence-corrected chi connectivity index (χ2v) is 9.39. The van der Waals surface area contributed by atoms with E-state index in [0.717, 1.165) is 0 Å². The van der Waals surface area contributed by atoms with Crippen LogP contribution in [0.15, 0.2) is 12.7 Å². The van der Waals surface area contributed by atoms with Crippen molar-refractivity contribution < 1.29 is 38.2 Å². The van der Waals surface area contributed by atoms with Crippen molar-refractivity contribution in [2.75, 3.05) is 24.6 Å². The fraction of sp³-hybridized carbons (Fsp3) is 0.615. The molecule has 0 saturated heterocycles. The number of nitrogens with zero attached hydrogens (tertiary/aromatic N) is 4. The van der Waals surface area contributed by atoms with Crippen molar-refractivity contribution in [1.82, 2.24) is 19.5 Å². The predicted molar refractivity (Wildman–Crippen MR) is 98.7 cm³/mol. The molecule has 0 aliphatic rings. The number of fused-ring (bicyclic) bond motifs is 1. The van der Waals surface area contributed by atoms with Gasteiger partial charge in [-0.3, -0.25) is 9.13 Å². The second kappa shape index (κ2) is 9.38. The summed E-state index contributed by atoms with van der Waals surface area (Å²) in [6, 6.07) is 0. The molecule has 0 aliphatic carbocycles. The maximum absolute atomic E-state index is 10.9. The van der Waals surface area contributed by atoms with Crippen LogP contribution in [-0.4, -0.2) is 70.5 Å². The summed E-state index contributed by atoms with van der Waals surface area (Å²) >= 11 is 0. The van der Waals surface area contributed by atoms with E-state index in [1.807, 2.05) is 0 Å². The van der Waals surface area contributed by atoms with Gasteiger partial charge in [0, 0.05) is 6.54 Å². The Morgan fingerprint density at radius 1 is 1.04 bits per heavy atom. The number of rotatable bonds is 11. The molecule has 0 spiro atoms. The monoisotopic (exact) mass is 439 g/mol. The van der Waals surface area contributed by atoms with E-state index in [2.05, 4.69) is 20.3 Å². The molecule has 5 N–H and O–H groups in total. The molecule has 2 aromatic heterocycles. The molecule has 2 unspecified atom stereocenters. The summed E-state index contributed by atoms with van der Waals surface area (Å²) in [4.78, 5) is 47.9. The van der Waals surface area contributed by atoms with Crippen LogP contribution in [0.5, 0.6) is 0 Å². The Hall–Kier alpha value is -1.43. The lowest BCUT2D eigenvalue weighted by Crippen LogP contribution is -2.21. The van der Waals surface area contributed by atoms with E-state index < -0.39 is 40.1 Å². The fourth-order valence-electron chi connectivity index (χ4n) is 2.22. The standard InChI is InChI=1S/C13H23N5O8P2/c1-9(25-7-27(19,20)21)3-14-12-11-13(16-5-15-12)18(6-17-11)4-10(2)26-8-28(22,23)24/h5-6,9-10H,3-4,7-8H2,1-2H3,(H,14,15,16)(H2,19,20,21)(H2,22,23,24). The molecule has 0 saturated carbocycles. The summed E-state index contributed by atoms with van der Waals surface area (Å²) in [5.74, 6) is 0.416. The normalized spacial score (nSPS) is 14.9. The minimum Gasteiger partial charge on any atom is -0.366 e. The Bertz CT molecular complexity index is 881. The molecular weight excluding hydrogens is 416 g/mol. The van der Waals surface area contributed by atoms with Crippen LogP contribution < -0.4 is 5.32 Å². The fourth-order valence-corrected chi connectivity index (χ4v) is 3.12. The zero-order chi connectivity index (χ0) is 20.9. The molecule has 15 heteroatoms. The van der Waals surface area contributed by atoms with Crippen molar-refractivity contribution >= 4 is 32.2 Å². The van der Waals surface area contributed by atoms with Crippen molar-refractivity contribution in [1.29, 1.82) is 0 Å². The number of hydrogen-bond acceptors (Lipinski definition) is 8. The third-order valence-electron chi connectivity index (χ3n) is 3.47. The molecule has 2 aromatic rings. The molecule has 13 nitrogen and oxygen atoms in total. The van der Waals surface area contributed by atoms with Crippen LogP contribution in [0.3, 0.4) is 0 Å². The maximum Gasteiger partial charge on any atom is 0.350 e. The minimum atomic E-state index is -4.24. The molecule has 2 heterocycles. The van der Waals surface area contributed by atoms with E-state index in [1.165, 1.54) is 12.7 Å². The molecule has 0 aliphatic heterocycles. The molecule has 0 bridgehead atoms. The summed E-state index contributed by atoms with van der Waals surface area (Å²) in [6.45, 7) is 3.83. The molecule has 158 valence electrons. The molecule has 0 radical (unpaired) electrons. The average molecular weight is 439 g/mol. The van der Waals surface area contributed by atoms with Crippen molar-refractivity contribution in [3.63, 3.8) is 0 Å². The van der Waals surface area contributed by atoms with E-state index in [4.69, 9.17) is 29.0 Å². The maximum atomic E-state index is 10.9. The highest BCUT2D eigenvalue weighted by Crippen LogP contribution is 2.35. The first kappa shape index (κ1) is 22.9. The molecule has 2 atom stereocenters. The van der Waals surface area contributed by atoms with E-state index in [-0.39, 0.29) is 13.1 Å². The Morgan fingerprint density at radius 2 is 1.64 bits per heavy atom. The van der Waals surface area contributed by atoms with E-state index in [0.29, 0.717) is 17.0 Å². The highest BCUT2D eigenvalue weighted by molar-refractivity contribution is 7.51. The summed E-state index contributed by atoms with van der Waals surface area (Å²) in [5.41, 5.74) is 0.958. The van der Waals surface area contributed by atoms with Crippen molar-refractivity contribution in [3.8, 4) is 0 Å². The Balaban J connectivity index is 2.00. The van der Waals surface area contributed by atoms with Gasteiger partial charge in [0.25, 0.3) is 0 Å². The highest BCUT2D eigenvalue weighted by Gasteiger charge is 2.18. The Kier molecular flexibility index (Phi) is 7.66. The first-order valence-electron chi connectivity index (χ1n) is 8.16.